The third-order valence-electron chi connectivity index (χ3n) is 3.43. The summed E-state index contributed by atoms with van der Waals surface area (Å²) in [5.41, 5.74) is 0.756. The Morgan fingerprint density at radius 1 is 1.14 bits per heavy atom. The number of nitrogens with zero attached hydrogens (tertiary/aromatic N) is 1. The van der Waals surface area contributed by atoms with Crippen molar-refractivity contribution >= 4 is 11.6 Å². The number of ether oxygens (including phenoxy) is 1. The maximum atomic E-state index is 12.1. The first-order chi connectivity index (χ1) is 10.2. The van der Waals surface area contributed by atoms with Gasteiger partial charge in [0, 0.05) is 0 Å². The molecule has 0 saturated carbocycles. The first-order valence-electron chi connectivity index (χ1n) is 7.95. The van der Waals surface area contributed by atoms with Gasteiger partial charge in [-0.2, -0.15) is 0 Å². The van der Waals surface area contributed by atoms with Crippen molar-refractivity contribution in [3.8, 4) is 5.75 Å². The molecule has 0 spiro atoms. The van der Waals surface area contributed by atoms with Crippen molar-refractivity contribution in [2.24, 2.45) is 0 Å². The fourth-order valence-electron chi connectivity index (χ4n) is 2.07. The molecule has 1 amide bonds. The van der Waals surface area contributed by atoms with Gasteiger partial charge >= 0.3 is 0 Å². The smallest absolute Gasteiger partial charge is 0.238 e. The molecule has 0 radical (unpaired) electrons. The third kappa shape index (κ3) is 6.63. The quantitative estimate of drug-likeness (QED) is 0.671. The minimum Gasteiger partial charge on any atom is -0.491 e. The number of unbranched alkanes of at least 4 members (excludes halogenated alkanes) is 2. The topological polar surface area (TPSA) is 41.6 Å². The Balaban J connectivity index is 2.55. The van der Waals surface area contributed by atoms with Gasteiger partial charge in [-0.1, -0.05) is 45.7 Å². The number of para-hydroxylation sites is 2. The Hall–Kier alpha value is -1.55. The summed E-state index contributed by atoms with van der Waals surface area (Å²) in [6.07, 6.45) is 3.38. The van der Waals surface area contributed by atoms with Crippen LogP contribution in [0.3, 0.4) is 0 Å². The van der Waals surface area contributed by atoms with Crippen LogP contribution in [0.5, 0.6) is 5.75 Å². The fourth-order valence-corrected chi connectivity index (χ4v) is 2.07. The number of hydrogen-bond acceptors (Lipinski definition) is 3. The molecule has 0 heterocycles. The van der Waals surface area contributed by atoms with Gasteiger partial charge in [-0.25, -0.2) is 0 Å². The second-order valence-electron chi connectivity index (χ2n) is 5.06. The molecular formula is C17H28N2O2. The molecule has 21 heavy (non-hydrogen) atoms. The maximum Gasteiger partial charge on any atom is 0.238 e. The summed E-state index contributed by atoms with van der Waals surface area (Å²) in [4.78, 5) is 14.1. The van der Waals surface area contributed by atoms with Crippen molar-refractivity contribution in [3.63, 3.8) is 0 Å². The van der Waals surface area contributed by atoms with E-state index in [4.69, 9.17) is 4.74 Å². The normalized spacial score (nSPS) is 10.7. The van der Waals surface area contributed by atoms with Crippen LogP contribution < -0.4 is 10.1 Å². The van der Waals surface area contributed by atoms with Crippen LogP contribution in [0.25, 0.3) is 0 Å². The summed E-state index contributed by atoms with van der Waals surface area (Å²) in [6.45, 7) is 9.14. The lowest BCUT2D eigenvalue weighted by molar-refractivity contribution is -0.117. The van der Waals surface area contributed by atoms with Crippen molar-refractivity contribution in [3.05, 3.63) is 24.3 Å². The van der Waals surface area contributed by atoms with Crippen LogP contribution in [0.15, 0.2) is 24.3 Å². The van der Waals surface area contributed by atoms with Crippen molar-refractivity contribution in [1.82, 2.24) is 4.90 Å². The summed E-state index contributed by atoms with van der Waals surface area (Å²) in [5.74, 6) is 0.754. The molecule has 0 saturated heterocycles. The van der Waals surface area contributed by atoms with Gasteiger partial charge in [0.15, 0.2) is 0 Å². The molecule has 0 aliphatic rings. The summed E-state index contributed by atoms with van der Waals surface area (Å²) in [7, 11) is 0. The molecule has 0 aliphatic heterocycles. The molecule has 1 rings (SSSR count). The predicted molar refractivity (Wildman–Crippen MR) is 87.9 cm³/mol. The van der Waals surface area contributed by atoms with Gasteiger partial charge in [-0.05, 0) is 31.6 Å². The van der Waals surface area contributed by atoms with E-state index in [9.17, 15) is 4.79 Å². The summed E-state index contributed by atoms with van der Waals surface area (Å²) >= 11 is 0. The monoisotopic (exact) mass is 292 g/mol. The number of likely N-dealkylation sites (N-methyl/N-ethyl adjacent to an activating group) is 1. The standard InChI is InChI=1S/C17H28N2O2/c1-4-7-10-13-21-16-12-9-8-11-15(16)18-17(20)14-19(5-2)6-3/h8-9,11-12H,4-7,10,13-14H2,1-3H3,(H,18,20). The van der Waals surface area contributed by atoms with Gasteiger partial charge in [0.1, 0.15) is 5.75 Å². The SMILES string of the molecule is CCCCCOc1ccccc1NC(=O)CN(CC)CC. The highest BCUT2D eigenvalue weighted by molar-refractivity contribution is 5.93. The lowest BCUT2D eigenvalue weighted by Gasteiger charge is -2.18. The summed E-state index contributed by atoms with van der Waals surface area (Å²) in [6, 6.07) is 7.62. The first kappa shape index (κ1) is 17.5. The lowest BCUT2D eigenvalue weighted by Crippen LogP contribution is -2.33. The van der Waals surface area contributed by atoms with Gasteiger partial charge in [0.25, 0.3) is 0 Å². The van der Waals surface area contributed by atoms with Crippen molar-refractivity contribution in [1.29, 1.82) is 0 Å². The molecule has 1 N–H and O–H groups in total. The highest BCUT2D eigenvalue weighted by atomic mass is 16.5. The zero-order chi connectivity index (χ0) is 15.5. The third-order valence-corrected chi connectivity index (χ3v) is 3.43. The van der Waals surface area contributed by atoms with Gasteiger partial charge in [-0.3, -0.25) is 9.69 Å². The second kappa shape index (κ2) is 10.2. The predicted octanol–water partition coefficient (Wildman–Crippen LogP) is 3.54. The summed E-state index contributed by atoms with van der Waals surface area (Å²) in [5, 5.41) is 2.94. The number of benzene rings is 1. The van der Waals surface area contributed by atoms with Crippen LogP contribution in [0, 0.1) is 0 Å². The van der Waals surface area contributed by atoms with E-state index in [2.05, 4.69) is 31.0 Å². The van der Waals surface area contributed by atoms with Gasteiger partial charge in [0.05, 0.1) is 18.8 Å². The van der Waals surface area contributed by atoms with E-state index >= 15 is 0 Å². The van der Waals surface area contributed by atoms with E-state index in [-0.39, 0.29) is 5.91 Å². The molecule has 0 unspecified atom stereocenters. The lowest BCUT2D eigenvalue weighted by atomic mass is 10.2. The zero-order valence-electron chi connectivity index (χ0n) is 13.5. The van der Waals surface area contributed by atoms with E-state index in [1.807, 2.05) is 24.3 Å². The molecule has 1 aromatic rings. The van der Waals surface area contributed by atoms with Crippen LogP contribution in [0.4, 0.5) is 5.69 Å². The Kier molecular flexibility index (Phi) is 8.51. The molecule has 118 valence electrons. The number of anilines is 1. The van der Waals surface area contributed by atoms with Crippen LogP contribution >= 0.6 is 0 Å². The fraction of sp³-hybridized carbons (Fsp3) is 0.588. The maximum absolute atomic E-state index is 12.1. The van der Waals surface area contributed by atoms with Crippen molar-refractivity contribution in [2.45, 2.75) is 40.0 Å². The average molecular weight is 292 g/mol. The molecule has 0 atom stereocenters. The number of rotatable bonds is 10. The number of carbonyl (C=O) groups excluding carboxylic acids is 1. The van der Waals surface area contributed by atoms with Crippen LogP contribution in [-0.4, -0.2) is 37.0 Å². The molecule has 1 aromatic carbocycles. The van der Waals surface area contributed by atoms with E-state index < -0.39 is 0 Å². The Bertz CT molecular complexity index is 417. The Morgan fingerprint density at radius 3 is 2.52 bits per heavy atom. The molecule has 0 aliphatic carbocycles. The number of amides is 1. The highest BCUT2D eigenvalue weighted by Crippen LogP contribution is 2.24. The van der Waals surface area contributed by atoms with E-state index in [0.717, 1.165) is 37.4 Å². The van der Waals surface area contributed by atoms with E-state index in [0.29, 0.717) is 13.2 Å². The van der Waals surface area contributed by atoms with Crippen molar-refractivity contribution < 1.29 is 9.53 Å². The minimum atomic E-state index is 0.00306. The van der Waals surface area contributed by atoms with Crippen LogP contribution in [0.1, 0.15) is 40.0 Å². The second-order valence-corrected chi connectivity index (χ2v) is 5.06. The largest absolute Gasteiger partial charge is 0.491 e. The first-order valence-corrected chi connectivity index (χ1v) is 7.95. The number of carbonyl (C=O) groups is 1. The molecule has 0 fully saturated rings. The Morgan fingerprint density at radius 2 is 1.86 bits per heavy atom. The van der Waals surface area contributed by atoms with Crippen LogP contribution in [-0.2, 0) is 4.79 Å². The van der Waals surface area contributed by atoms with Gasteiger partial charge < -0.3 is 10.1 Å². The molecule has 0 bridgehead atoms. The Labute approximate surface area is 128 Å². The van der Waals surface area contributed by atoms with Crippen molar-refractivity contribution in [2.75, 3.05) is 31.6 Å². The van der Waals surface area contributed by atoms with Gasteiger partial charge in [-0.15, -0.1) is 0 Å². The molecule has 4 heteroatoms. The minimum absolute atomic E-state index is 0.00306. The number of nitrogens with one attached hydrogen (secondary N) is 1. The van der Waals surface area contributed by atoms with E-state index in [1.54, 1.807) is 0 Å². The molecule has 0 aromatic heterocycles. The van der Waals surface area contributed by atoms with Crippen LogP contribution in [0.2, 0.25) is 0 Å². The number of hydrogen-bond donors (Lipinski definition) is 1. The zero-order valence-corrected chi connectivity index (χ0v) is 13.5. The van der Waals surface area contributed by atoms with E-state index in [1.165, 1.54) is 6.42 Å². The summed E-state index contributed by atoms with van der Waals surface area (Å²) < 4.78 is 5.77. The average Bonchev–Trinajstić information content (AvgIpc) is 2.50. The molecular weight excluding hydrogens is 264 g/mol. The molecule has 4 nitrogen and oxygen atoms in total. The highest BCUT2D eigenvalue weighted by Gasteiger charge is 2.10. The van der Waals surface area contributed by atoms with Gasteiger partial charge in [0.2, 0.25) is 5.91 Å².